The molecule has 0 aromatic heterocycles. The van der Waals surface area contributed by atoms with Crippen LogP contribution in [0.2, 0.25) is 0 Å². The zero-order valence-corrected chi connectivity index (χ0v) is 13.3. The van der Waals surface area contributed by atoms with E-state index in [0.29, 0.717) is 17.4 Å². The lowest BCUT2D eigenvalue weighted by molar-refractivity contribution is 0.527. The van der Waals surface area contributed by atoms with Gasteiger partial charge in [0.1, 0.15) is 0 Å². The van der Waals surface area contributed by atoms with Gasteiger partial charge in [-0.1, -0.05) is 26.3 Å². The lowest BCUT2D eigenvalue weighted by Gasteiger charge is -2.23. The molecule has 4 nitrogen and oxygen atoms in total. The molecule has 2 N–H and O–H groups in total. The minimum absolute atomic E-state index is 0.351. The third-order valence-electron chi connectivity index (χ3n) is 3.99. The Morgan fingerprint density at radius 1 is 1.40 bits per heavy atom. The molecule has 1 aliphatic rings. The topological polar surface area (TPSA) is 58.2 Å². The largest absolute Gasteiger partial charge is 0.385 e. The van der Waals surface area contributed by atoms with Crippen molar-refractivity contribution < 1.29 is 8.42 Å². The minimum Gasteiger partial charge on any atom is -0.385 e. The second-order valence-electron chi connectivity index (χ2n) is 5.63. The normalized spacial score (nSPS) is 16.4. The number of fused-ring (bicyclic) bond motifs is 1. The molecule has 0 radical (unpaired) electrons. The molecule has 1 unspecified atom stereocenters. The van der Waals surface area contributed by atoms with Crippen molar-refractivity contribution in [3.63, 3.8) is 0 Å². The molecule has 5 heteroatoms. The molecule has 0 amide bonds. The molecule has 1 atom stereocenters. The molecule has 2 rings (SSSR count). The number of anilines is 1. The first-order valence-corrected chi connectivity index (χ1v) is 8.80. The fraction of sp³-hybridized carbons (Fsp3) is 0.600. The summed E-state index contributed by atoms with van der Waals surface area (Å²) in [7, 11) is -3.41. The van der Waals surface area contributed by atoms with Gasteiger partial charge in [0.2, 0.25) is 10.0 Å². The summed E-state index contributed by atoms with van der Waals surface area (Å²) in [5.41, 5.74) is 3.05. The van der Waals surface area contributed by atoms with E-state index in [2.05, 4.69) is 23.9 Å². The van der Waals surface area contributed by atoms with Crippen molar-refractivity contribution >= 4 is 15.7 Å². The monoisotopic (exact) mass is 296 g/mol. The van der Waals surface area contributed by atoms with Crippen molar-refractivity contribution in [3.05, 3.63) is 23.3 Å². The first-order chi connectivity index (χ1) is 9.45. The summed E-state index contributed by atoms with van der Waals surface area (Å²) in [6.07, 6.45) is 2.77. The predicted octanol–water partition coefficient (Wildman–Crippen LogP) is 2.68. The molecule has 0 fully saturated rings. The molecule has 0 saturated carbocycles. The van der Waals surface area contributed by atoms with Crippen LogP contribution in [-0.2, 0) is 16.4 Å². The van der Waals surface area contributed by atoms with Gasteiger partial charge in [0.15, 0.2) is 0 Å². The van der Waals surface area contributed by atoms with Crippen LogP contribution in [0, 0.1) is 12.8 Å². The summed E-state index contributed by atoms with van der Waals surface area (Å²) in [6.45, 7) is 7.54. The van der Waals surface area contributed by atoms with Gasteiger partial charge in [0, 0.05) is 18.8 Å². The number of aryl methyl sites for hydroxylation is 1. The van der Waals surface area contributed by atoms with Crippen LogP contribution < -0.4 is 10.0 Å². The lowest BCUT2D eigenvalue weighted by atomic mass is 10.00. The zero-order valence-electron chi connectivity index (χ0n) is 12.5. The Morgan fingerprint density at radius 2 is 2.15 bits per heavy atom. The van der Waals surface area contributed by atoms with Gasteiger partial charge in [0.05, 0.1) is 4.90 Å². The van der Waals surface area contributed by atoms with E-state index in [0.717, 1.165) is 42.6 Å². The molecule has 0 aliphatic carbocycles. The van der Waals surface area contributed by atoms with Crippen LogP contribution in [-0.4, -0.2) is 21.5 Å². The number of benzene rings is 1. The van der Waals surface area contributed by atoms with E-state index in [9.17, 15) is 8.42 Å². The van der Waals surface area contributed by atoms with Crippen LogP contribution in [0.1, 0.15) is 37.8 Å². The van der Waals surface area contributed by atoms with Gasteiger partial charge in [-0.05, 0) is 42.9 Å². The molecular weight excluding hydrogens is 272 g/mol. The van der Waals surface area contributed by atoms with E-state index in [1.807, 2.05) is 13.0 Å². The highest BCUT2D eigenvalue weighted by Gasteiger charge is 2.23. The molecule has 0 saturated heterocycles. The van der Waals surface area contributed by atoms with Gasteiger partial charge in [-0.3, -0.25) is 0 Å². The standard InChI is InChI=1S/C15H24N2O2S/c1-4-11(2)10-17-20(18,19)14-8-7-12(3)15-13(14)6-5-9-16-15/h7-8,11,16-17H,4-6,9-10H2,1-3H3. The van der Waals surface area contributed by atoms with E-state index >= 15 is 0 Å². The van der Waals surface area contributed by atoms with Gasteiger partial charge >= 0.3 is 0 Å². The van der Waals surface area contributed by atoms with E-state index in [1.54, 1.807) is 6.07 Å². The molecule has 1 aromatic carbocycles. The van der Waals surface area contributed by atoms with E-state index in [4.69, 9.17) is 0 Å². The zero-order chi connectivity index (χ0) is 14.8. The van der Waals surface area contributed by atoms with Crippen LogP contribution in [0.4, 0.5) is 5.69 Å². The molecule has 20 heavy (non-hydrogen) atoms. The Balaban J connectivity index is 2.32. The molecule has 0 bridgehead atoms. The molecule has 1 heterocycles. The van der Waals surface area contributed by atoms with E-state index < -0.39 is 10.0 Å². The van der Waals surface area contributed by atoms with Crippen LogP contribution >= 0.6 is 0 Å². The Kier molecular flexibility index (Phi) is 4.70. The van der Waals surface area contributed by atoms with E-state index in [-0.39, 0.29) is 0 Å². The van der Waals surface area contributed by atoms with Crippen LogP contribution in [0.3, 0.4) is 0 Å². The van der Waals surface area contributed by atoms with Crippen molar-refractivity contribution in [1.29, 1.82) is 0 Å². The Bertz CT molecular complexity index is 582. The van der Waals surface area contributed by atoms with E-state index in [1.165, 1.54) is 0 Å². The summed E-state index contributed by atoms with van der Waals surface area (Å²) >= 11 is 0. The molecule has 112 valence electrons. The highest BCUT2D eigenvalue weighted by molar-refractivity contribution is 7.89. The number of sulfonamides is 1. The van der Waals surface area contributed by atoms with Crippen molar-refractivity contribution in [3.8, 4) is 0 Å². The Labute approximate surface area is 122 Å². The summed E-state index contributed by atoms with van der Waals surface area (Å²) in [5.74, 6) is 0.351. The Morgan fingerprint density at radius 3 is 2.85 bits per heavy atom. The molecule has 0 spiro atoms. The predicted molar refractivity (Wildman–Crippen MR) is 82.6 cm³/mol. The van der Waals surface area contributed by atoms with Crippen molar-refractivity contribution in [2.24, 2.45) is 5.92 Å². The number of nitrogens with one attached hydrogen (secondary N) is 2. The van der Waals surface area contributed by atoms with Crippen LogP contribution in [0.15, 0.2) is 17.0 Å². The van der Waals surface area contributed by atoms with Crippen molar-refractivity contribution in [1.82, 2.24) is 4.72 Å². The van der Waals surface area contributed by atoms with Crippen LogP contribution in [0.25, 0.3) is 0 Å². The Hall–Kier alpha value is -1.07. The van der Waals surface area contributed by atoms with Gasteiger partial charge < -0.3 is 5.32 Å². The third-order valence-corrected chi connectivity index (χ3v) is 5.50. The van der Waals surface area contributed by atoms with Gasteiger partial charge in [0.25, 0.3) is 0 Å². The number of hydrogen-bond acceptors (Lipinski definition) is 3. The fourth-order valence-corrected chi connectivity index (χ4v) is 3.88. The third kappa shape index (κ3) is 3.15. The second-order valence-corrected chi connectivity index (χ2v) is 7.37. The smallest absolute Gasteiger partial charge is 0.240 e. The first kappa shape index (κ1) is 15.3. The maximum absolute atomic E-state index is 12.5. The van der Waals surface area contributed by atoms with Crippen molar-refractivity contribution in [2.45, 2.75) is 44.9 Å². The van der Waals surface area contributed by atoms with Crippen molar-refractivity contribution in [2.75, 3.05) is 18.4 Å². The summed E-state index contributed by atoms with van der Waals surface area (Å²) in [6, 6.07) is 3.62. The minimum atomic E-state index is -3.41. The van der Waals surface area contributed by atoms with Gasteiger partial charge in [-0.25, -0.2) is 13.1 Å². The summed E-state index contributed by atoms with van der Waals surface area (Å²) in [5, 5.41) is 3.33. The average Bonchev–Trinajstić information content (AvgIpc) is 2.45. The number of hydrogen-bond donors (Lipinski definition) is 2. The second kappa shape index (κ2) is 6.14. The fourth-order valence-electron chi connectivity index (χ4n) is 2.44. The maximum atomic E-state index is 12.5. The highest BCUT2D eigenvalue weighted by atomic mass is 32.2. The lowest BCUT2D eigenvalue weighted by Crippen LogP contribution is -2.30. The SMILES string of the molecule is CCC(C)CNS(=O)(=O)c1ccc(C)c2c1CCCN2. The average molecular weight is 296 g/mol. The van der Waals surface area contributed by atoms with Crippen LogP contribution in [0.5, 0.6) is 0 Å². The highest BCUT2D eigenvalue weighted by Crippen LogP contribution is 2.31. The summed E-state index contributed by atoms with van der Waals surface area (Å²) in [4.78, 5) is 0.439. The molecule has 1 aromatic rings. The summed E-state index contributed by atoms with van der Waals surface area (Å²) < 4.78 is 27.7. The first-order valence-electron chi connectivity index (χ1n) is 7.31. The molecule has 1 aliphatic heterocycles. The molecular formula is C15H24N2O2S. The van der Waals surface area contributed by atoms with Gasteiger partial charge in [-0.15, -0.1) is 0 Å². The maximum Gasteiger partial charge on any atom is 0.240 e. The van der Waals surface area contributed by atoms with Gasteiger partial charge in [-0.2, -0.15) is 0 Å². The quantitative estimate of drug-likeness (QED) is 0.878. The number of rotatable bonds is 5.